The van der Waals surface area contributed by atoms with Gasteiger partial charge in [0.25, 0.3) is 0 Å². The maximum Gasteiger partial charge on any atom is 0.224 e. The molecule has 0 atom stereocenters. The number of nitrogens with one attached hydrogen (secondary N) is 1. The summed E-state index contributed by atoms with van der Waals surface area (Å²) in [5.74, 6) is 0.0813. The minimum atomic E-state index is 0.0406. The van der Waals surface area contributed by atoms with Gasteiger partial charge >= 0.3 is 0 Å². The minimum Gasteiger partial charge on any atom is -0.326 e. The van der Waals surface area contributed by atoms with Gasteiger partial charge in [-0.1, -0.05) is 0 Å². The fraction of sp³-hybridized carbons (Fsp3) is 0.143. The van der Waals surface area contributed by atoms with E-state index in [1.54, 1.807) is 17.4 Å². The maximum absolute atomic E-state index is 12.3. The number of anilines is 1. The first-order valence-corrected chi connectivity index (χ1v) is 7.81. The summed E-state index contributed by atoms with van der Waals surface area (Å²) in [4.78, 5) is 23.6. The van der Waals surface area contributed by atoms with E-state index in [4.69, 9.17) is 0 Å². The third kappa shape index (κ3) is 2.57. The summed E-state index contributed by atoms with van der Waals surface area (Å²) in [5.41, 5.74) is 3.28. The topological polar surface area (TPSA) is 46.2 Å². The fourth-order valence-electron chi connectivity index (χ4n) is 2.12. The minimum absolute atomic E-state index is 0.0406. The van der Waals surface area contributed by atoms with E-state index in [0.717, 1.165) is 19.7 Å². The van der Waals surface area contributed by atoms with Crippen LogP contribution >= 0.6 is 33.9 Å². The van der Waals surface area contributed by atoms with Crippen LogP contribution in [0.4, 0.5) is 5.69 Å². The van der Waals surface area contributed by atoms with Gasteiger partial charge in [-0.15, -0.1) is 11.3 Å². The molecule has 0 bridgehead atoms. The predicted molar refractivity (Wildman–Crippen MR) is 83.9 cm³/mol. The highest BCUT2D eigenvalue weighted by Crippen LogP contribution is 2.26. The fourth-order valence-corrected chi connectivity index (χ4v) is 3.45. The van der Waals surface area contributed by atoms with Gasteiger partial charge in [0, 0.05) is 28.6 Å². The van der Waals surface area contributed by atoms with Crippen molar-refractivity contribution >= 4 is 51.3 Å². The van der Waals surface area contributed by atoms with Crippen molar-refractivity contribution in [3.8, 4) is 0 Å². The first kappa shape index (κ1) is 12.8. The summed E-state index contributed by atoms with van der Waals surface area (Å²) in [6, 6.07) is 7.38. The Hall–Kier alpha value is -1.21. The third-order valence-corrected chi connectivity index (χ3v) is 4.88. The van der Waals surface area contributed by atoms with E-state index in [1.807, 2.05) is 23.6 Å². The average molecular weight is 383 g/mol. The number of amides is 1. The molecule has 19 heavy (non-hydrogen) atoms. The molecule has 1 aromatic heterocycles. The Morgan fingerprint density at radius 2 is 2.05 bits per heavy atom. The van der Waals surface area contributed by atoms with Gasteiger partial charge in [-0.05, 0) is 58.8 Å². The van der Waals surface area contributed by atoms with Crippen molar-refractivity contribution in [3.63, 3.8) is 0 Å². The number of fused-ring (bicyclic) bond motifs is 1. The molecular formula is C14H10INO2S. The molecule has 1 N–H and O–H groups in total. The summed E-state index contributed by atoms with van der Waals surface area (Å²) in [6.45, 7) is 0. The molecule has 0 saturated heterocycles. The summed E-state index contributed by atoms with van der Waals surface area (Å²) < 4.78 is 1.10. The van der Waals surface area contributed by atoms with Gasteiger partial charge in [-0.2, -0.15) is 0 Å². The second kappa shape index (κ2) is 5.05. The lowest BCUT2D eigenvalue weighted by Gasteiger charge is -2.17. The molecule has 0 radical (unpaired) electrons. The molecule has 0 fully saturated rings. The van der Waals surface area contributed by atoms with E-state index in [2.05, 4.69) is 27.9 Å². The lowest BCUT2D eigenvalue weighted by molar-refractivity contribution is -0.116. The summed E-state index contributed by atoms with van der Waals surface area (Å²) in [5, 5.41) is 4.70. The van der Waals surface area contributed by atoms with Crippen molar-refractivity contribution in [2.75, 3.05) is 5.32 Å². The molecule has 0 aliphatic carbocycles. The van der Waals surface area contributed by atoms with E-state index in [-0.39, 0.29) is 11.7 Å². The van der Waals surface area contributed by atoms with Gasteiger partial charge in [0.15, 0.2) is 5.78 Å². The number of carbonyl (C=O) groups excluding carboxylic acids is 2. The maximum atomic E-state index is 12.3. The molecule has 2 aromatic rings. The van der Waals surface area contributed by atoms with E-state index < -0.39 is 0 Å². The van der Waals surface area contributed by atoms with Gasteiger partial charge in [0.05, 0.1) is 2.88 Å². The number of carbonyl (C=O) groups is 2. The molecule has 0 saturated carbocycles. The van der Waals surface area contributed by atoms with Crippen molar-refractivity contribution < 1.29 is 9.59 Å². The predicted octanol–water partition coefficient (Wildman–Crippen LogP) is 3.47. The molecule has 0 spiro atoms. The van der Waals surface area contributed by atoms with Crippen LogP contribution < -0.4 is 5.32 Å². The van der Waals surface area contributed by atoms with Gasteiger partial charge in [-0.3, -0.25) is 9.59 Å². The third-order valence-electron chi connectivity index (χ3n) is 3.09. The Morgan fingerprint density at radius 3 is 2.79 bits per heavy atom. The normalized spacial score (nSPS) is 13.8. The SMILES string of the molecule is O=C1CCc2cc(C(=O)c3csc(I)c3)ccc2N1. The van der Waals surface area contributed by atoms with Crippen LogP contribution in [0.1, 0.15) is 27.9 Å². The number of hydrogen-bond donors (Lipinski definition) is 1. The molecular weight excluding hydrogens is 373 g/mol. The van der Waals surface area contributed by atoms with Gasteiger partial charge in [0.1, 0.15) is 0 Å². The molecule has 1 aromatic carbocycles. The van der Waals surface area contributed by atoms with Crippen molar-refractivity contribution in [2.45, 2.75) is 12.8 Å². The Bertz CT molecular complexity index is 678. The lowest BCUT2D eigenvalue weighted by Crippen LogP contribution is -2.19. The molecule has 3 rings (SSSR count). The summed E-state index contributed by atoms with van der Waals surface area (Å²) in [6.07, 6.45) is 1.18. The highest BCUT2D eigenvalue weighted by molar-refractivity contribution is 14.1. The second-order valence-corrected chi connectivity index (χ2v) is 7.19. The zero-order valence-electron chi connectivity index (χ0n) is 9.90. The Morgan fingerprint density at radius 1 is 1.21 bits per heavy atom. The summed E-state index contributed by atoms with van der Waals surface area (Å²) >= 11 is 3.77. The zero-order chi connectivity index (χ0) is 13.4. The van der Waals surface area contributed by atoms with Crippen molar-refractivity contribution in [1.29, 1.82) is 0 Å². The van der Waals surface area contributed by atoms with Crippen LogP contribution in [0.3, 0.4) is 0 Å². The molecule has 96 valence electrons. The van der Waals surface area contributed by atoms with Crippen LogP contribution in [0.25, 0.3) is 0 Å². The Balaban J connectivity index is 1.94. The van der Waals surface area contributed by atoms with E-state index in [9.17, 15) is 9.59 Å². The highest BCUT2D eigenvalue weighted by atomic mass is 127. The Kier molecular flexibility index (Phi) is 3.40. The first-order valence-electron chi connectivity index (χ1n) is 5.85. The molecule has 1 amide bonds. The molecule has 1 aliphatic rings. The van der Waals surface area contributed by atoms with E-state index in [0.29, 0.717) is 18.4 Å². The second-order valence-electron chi connectivity index (χ2n) is 4.39. The number of rotatable bonds is 2. The van der Waals surface area contributed by atoms with Crippen LogP contribution in [0.2, 0.25) is 0 Å². The molecule has 1 aliphatic heterocycles. The van der Waals surface area contributed by atoms with Crippen LogP contribution in [0.5, 0.6) is 0 Å². The van der Waals surface area contributed by atoms with Gasteiger partial charge in [-0.25, -0.2) is 0 Å². The molecule has 2 heterocycles. The molecule has 3 nitrogen and oxygen atoms in total. The smallest absolute Gasteiger partial charge is 0.224 e. The van der Waals surface area contributed by atoms with E-state index in [1.165, 1.54) is 0 Å². The van der Waals surface area contributed by atoms with Crippen molar-refractivity contribution in [2.24, 2.45) is 0 Å². The van der Waals surface area contributed by atoms with Crippen LogP contribution in [-0.4, -0.2) is 11.7 Å². The van der Waals surface area contributed by atoms with Gasteiger partial charge < -0.3 is 5.32 Å². The standard InChI is InChI=1S/C14H10INO2S/c15-12-6-10(7-19-12)14(18)9-1-3-11-8(5-9)2-4-13(17)16-11/h1,3,5-7H,2,4H2,(H,16,17). The Labute approximate surface area is 128 Å². The number of halogens is 1. The monoisotopic (exact) mass is 383 g/mol. The number of aryl methyl sites for hydroxylation is 1. The van der Waals surface area contributed by atoms with Crippen molar-refractivity contribution in [1.82, 2.24) is 0 Å². The van der Waals surface area contributed by atoms with Gasteiger partial charge in [0.2, 0.25) is 5.91 Å². The van der Waals surface area contributed by atoms with Crippen LogP contribution in [0.15, 0.2) is 29.6 Å². The lowest BCUT2D eigenvalue weighted by atomic mass is 9.97. The highest BCUT2D eigenvalue weighted by Gasteiger charge is 2.17. The van der Waals surface area contributed by atoms with E-state index >= 15 is 0 Å². The number of ketones is 1. The molecule has 5 heteroatoms. The molecule has 0 unspecified atom stereocenters. The quantitative estimate of drug-likeness (QED) is 0.638. The largest absolute Gasteiger partial charge is 0.326 e. The van der Waals surface area contributed by atoms with Crippen molar-refractivity contribution in [3.05, 3.63) is 49.2 Å². The summed E-state index contributed by atoms with van der Waals surface area (Å²) in [7, 11) is 0. The number of benzene rings is 1. The average Bonchev–Trinajstić information content (AvgIpc) is 2.84. The first-order chi connectivity index (χ1) is 9.13. The van der Waals surface area contributed by atoms with Crippen LogP contribution in [0, 0.1) is 2.88 Å². The zero-order valence-corrected chi connectivity index (χ0v) is 12.9. The number of hydrogen-bond acceptors (Lipinski definition) is 3. The van der Waals surface area contributed by atoms with Crippen LogP contribution in [-0.2, 0) is 11.2 Å². The number of thiophene rings is 1.